The third-order valence-electron chi connectivity index (χ3n) is 5.25. The highest BCUT2D eigenvalue weighted by Gasteiger charge is 2.19. The predicted octanol–water partition coefficient (Wildman–Crippen LogP) is 5.33. The van der Waals surface area contributed by atoms with Crippen molar-refractivity contribution in [1.29, 1.82) is 0 Å². The number of nitrogens with one attached hydrogen (secondary N) is 1. The SMILES string of the molecule is CCc1ccc(NC(=O)COc2ccc(C(=S)N3CCC(C)CC3)cc2Cl)cc1. The molecule has 0 spiro atoms. The molecule has 1 fully saturated rings. The average Bonchev–Trinajstić information content (AvgIpc) is 2.73. The zero-order valence-corrected chi connectivity index (χ0v) is 18.5. The highest BCUT2D eigenvalue weighted by molar-refractivity contribution is 7.80. The van der Waals surface area contributed by atoms with Gasteiger partial charge in [0.05, 0.1) is 5.02 Å². The van der Waals surface area contributed by atoms with Gasteiger partial charge in [-0.15, -0.1) is 0 Å². The highest BCUT2D eigenvalue weighted by Crippen LogP contribution is 2.27. The summed E-state index contributed by atoms with van der Waals surface area (Å²) in [4.78, 5) is 15.2. The van der Waals surface area contributed by atoms with Gasteiger partial charge in [-0.1, -0.05) is 49.8 Å². The van der Waals surface area contributed by atoms with Gasteiger partial charge in [-0.3, -0.25) is 4.79 Å². The Morgan fingerprint density at radius 2 is 1.90 bits per heavy atom. The molecule has 4 nitrogen and oxygen atoms in total. The van der Waals surface area contributed by atoms with Gasteiger partial charge in [0.25, 0.3) is 5.91 Å². The van der Waals surface area contributed by atoms with Crippen molar-refractivity contribution >= 4 is 40.4 Å². The minimum Gasteiger partial charge on any atom is -0.482 e. The number of hydrogen-bond acceptors (Lipinski definition) is 3. The highest BCUT2D eigenvalue weighted by atomic mass is 35.5. The van der Waals surface area contributed by atoms with Gasteiger partial charge < -0.3 is 15.0 Å². The lowest BCUT2D eigenvalue weighted by Gasteiger charge is -2.32. The van der Waals surface area contributed by atoms with Crippen LogP contribution in [0.2, 0.25) is 5.02 Å². The topological polar surface area (TPSA) is 41.6 Å². The molecule has 1 saturated heterocycles. The summed E-state index contributed by atoms with van der Waals surface area (Å²) in [5.74, 6) is 0.999. The number of carbonyl (C=O) groups excluding carboxylic acids is 1. The fourth-order valence-electron chi connectivity index (χ4n) is 3.31. The standard InChI is InChI=1S/C23H27ClN2O2S/c1-3-17-4-7-19(8-5-17)25-22(27)15-28-21-9-6-18(14-20(21)24)23(29)26-12-10-16(2)11-13-26/h4-9,14,16H,3,10-13,15H2,1-2H3,(H,25,27). The normalized spacial score (nSPS) is 14.5. The Balaban J connectivity index is 1.54. The van der Waals surface area contributed by atoms with Crippen molar-refractivity contribution in [3.63, 3.8) is 0 Å². The molecule has 1 heterocycles. The fourth-order valence-corrected chi connectivity index (χ4v) is 3.85. The van der Waals surface area contributed by atoms with Crippen LogP contribution in [0.5, 0.6) is 5.75 Å². The number of hydrogen-bond donors (Lipinski definition) is 1. The van der Waals surface area contributed by atoms with E-state index in [0.717, 1.165) is 54.5 Å². The molecule has 0 atom stereocenters. The summed E-state index contributed by atoms with van der Waals surface area (Å²) in [5, 5.41) is 3.28. The molecule has 0 saturated carbocycles. The molecule has 6 heteroatoms. The second-order valence-electron chi connectivity index (χ2n) is 7.51. The number of ether oxygens (including phenoxy) is 1. The van der Waals surface area contributed by atoms with E-state index in [2.05, 4.69) is 24.1 Å². The number of carbonyl (C=O) groups is 1. The van der Waals surface area contributed by atoms with Gasteiger partial charge in [0, 0.05) is 24.3 Å². The molecule has 2 aromatic rings. The Morgan fingerprint density at radius 1 is 1.21 bits per heavy atom. The lowest BCUT2D eigenvalue weighted by molar-refractivity contribution is -0.118. The van der Waals surface area contributed by atoms with E-state index in [-0.39, 0.29) is 12.5 Å². The first-order valence-corrected chi connectivity index (χ1v) is 10.8. The first-order chi connectivity index (χ1) is 14.0. The van der Waals surface area contributed by atoms with Crippen LogP contribution >= 0.6 is 23.8 Å². The van der Waals surface area contributed by atoms with Gasteiger partial charge in [-0.25, -0.2) is 0 Å². The molecule has 1 aliphatic rings. The molecule has 3 rings (SSSR count). The lowest BCUT2D eigenvalue weighted by atomic mass is 9.99. The summed E-state index contributed by atoms with van der Waals surface area (Å²) >= 11 is 12.0. The molecular weight excluding hydrogens is 404 g/mol. The molecule has 0 radical (unpaired) electrons. The molecule has 0 aromatic heterocycles. The molecule has 2 aromatic carbocycles. The largest absolute Gasteiger partial charge is 0.482 e. The van der Waals surface area contributed by atoms with E-state index in [1.165, 1.54) is 5.56 Å². The second-order valence-corrected chi connectivity index (χ2v) is 8.30. The molecule has 1 aliphatic heterocycles. The van der Waals surface area contributed by atoms with Crippen LogP contribution in [0.1, 0.15) is 37.8 Å². The minimum atomic E-state index is -0.229. The van der Waals surface area contributed by atoms with Crippen molar-refractivity contribution in [2.24, 2.45) is 5.92 Å². The molecule has 154 valence electrons. The Kier molecular flexibility index (Phi) is 7.51. The van der Waals surface area contributed by atoms with Crippen LogP contribution in [0.3, 0.4) is 0 Å². The molecule has 0 aliphatic carbocycles. The van der Waals surface area contributed by atoms with E-state index in [9.17, 15) is 4.79 Å². The maximum atomic E-state index is 12.2. The van der Waals surface area contributed by atoms with Gasteiger partial charge in [0.15, 0.2) is 6.61 Å². The summed E-state index contributed by atoms with van der Waals surface area (Å²) in [6.07, 6.45) is 3.28. The maximum Gasteiger partial charge on any atom is 0.262 e. The van der Waals surface area contributed by atoms with Crippen molar-refractivity contribution in [2.45, 2.75) is 33.1 Å². The molecular formula is C23H27ClN2O2S. The number of nitrogens with zero attached hydrogens (tertiary/aromatic N) is 1. The Labute approximate surface area is 183 Å². The van der Waals surface area contributed by atoms with E-state index in [4.69, 9.17) is 28.6 Å². The molecule has 1 N–H and O–H groups in total. The number of piperidine rings is 1. The maximum absolute atomic E-state index is 12.2. The smallest absolute Gasteiger partial charge is 0.262 e. The van der Waals surface area contributed by atoms with Crippen LogP contribution in [0.15, 0.2) is 42.5 Å². The first kappa shape index (κ1) is 21.6. The number of thiocarbonyl (C=S) groups is 1. The third-order valence-corrected chi connectivity index (χ3v) is 6.04. The monoisotopic (exact) mass is 430 g/mol. The van der Waals surface area contributed by atoms with Crippen LogP contribution in [0, 0.1) is 5.92 Å². The van der Waals surface area contributed by atoms with Crippen LogP contribution in [0.25, 0.3) is 0 Å². The molecule has 1 amide bonds. The van der Waals surface area contributed by atoms with Crippen LogP contribution in [0.4, 0.5) is 5.69 Å². The van der Waals surface area contributed by atoms with Crippen molar-refractivity contribution < 1.29 is 9.53 Å². The number of benzene rings is 2. The lowest BCUT2D eigenvalue weighted by Crippen LogP contribution is -2.37. The number of amides is 1. The van der Waals surface area contributed by atoms with Gasteiger partial charge in [-0.2, -0.15) is 0 Å². The third kappa shape index (κ3) is 5.94. The van der Waals surface area contributed by atoms with E-state index < -0.39 is 0 Å². The molecule has 0 unspecified atom stereocenters. The zero-order valence-electron chi connectivity index (χ0n) is 16.9. The van der Waals surface area contributed by atoms with Crippen LogP contribution < -0.4 is 10.1 Å². The quantitative estimate of drug-likeness (QED) is 0.629. The van der Waals surface area contributed by atoms with E-state index >= 15 is 0 Å². The number of likely N-dealkylation sites (tertiary alicyclic amines) is 1. The fraction of sp³-hybridized carbons (Fsp3) is 0.391. The van der Waals surface area contributed by atoms with Crippen molar-refractivity contribution in [2.75, 3.05) is 25.0 Å². The number of rotatable bonds is 6. The second kappa shape index (κ2) is 10.1. The van der Waals surface area contributed by atoms with Crippen molar-refractivity contribution in [3.05, 3.63) is 58.6 Å². The summed E-state index contributed by atoms with van der Waals surface area (Å²) in [6.45, 7) is 6.23. The number of aryl methyl sites for hydroxylation is 1. The van der Waals surface area contributed by atoms with E-state index in [1.807, 2.05) is 36.4 Å². The summed E-state index contributed by atoms with van der Waals surface area (Å²) in [6, 6.07) is 13.3. The first-order valence-electron chi connectivity index (χ1n) is 10.1. The minimum absolute atomic E-state index is 0.108. The molecule has 0 bridgehead atoms. The summed E-state index contributed by atoms with van der Waals surface area (Å²) < 4.78 is 5.61. The average molecular weight is 431 g/mol. The Bertz CT molecular complexity index is 862. The number of halogens is 1. The van der Waals surface area contributed by atoms with E-state index in [1.54, 1.807) is 6.07 Å². The van der Waals surface area contributed by atoms with Gasteiger partial charge in [0.1, 0.15) is 10.7 Å². The van der Waals surface area contributed by atoms with Gasteiger partial charge in [0.2, 0.25) is 0 Å². The van der Waals surface area contributed by atoms with Gasteiger partial charge >= 0.3 is 0 Å². The van der Waals surface area contributed by atoms with Crippen molar-refractivity contribution in [3.8, 4) is 5.75 Å². The summed E-state index contributed by atoms with van der Waals surface area (Å²) in [7, 11) is 0. The summed E-state index contributed by atoms with van der Waals surface area (Å²) in [5.41, 5.74) is 2.88. The Morgan fingerprint density at radius 3 is 2.52 bits per heavy atom. The zero-order chi connectivity index (χ0) is 20.8. The molecule has 29 heavy (non-hydrogen) atoms. The van der Waals surface area contributed by atoms with E-state index in [0.29, 0.717) is 10.8 Å². The predicted molar refractivity (Wildman–Crippen MR) is 123 cm³/mol. The van der Waals surface area contributed by atoms with Crippen LogP contribution in [-0.2, 0) is 11.2 Å². The Hall–Kier alpha value is -2.11. The van der Waals surface area contributed by atoms with Gasteiger partial charge in [-0.05, 0) is 61.1 Å². The van der Waals surface area contributed by atoms with Crippen LogP contribution in [-0.4, -0.2) is 35.5 Å². The van der Waals surface area contributed by atoms with Crippen molar-refractivity contribution in [1.82, 2.24) is 4.90 Å². The number of anilines is 1.